The Labute approximate surface area is 174 Å². The van der Waals surface area contributed by atoms with Gasteiger partial charge in [-0.1, -0.05) is 0 Å². The summed E-state index contributed by atoms with van der Waals surface area (Å²) in [7, 11) is -3.24. The summed E-state index contributed by atoms with van der Waals surface area (Å²) in [6.07, 6.45) is 2.22. The van der Waals surface area contributed by atoms with Crippen LogP contribution in [0.5, 0.6) is 0 Å². The number of nitrogens with zero attached hydrogens (tertiary/aromatic N) is 2. The van der Waals surface area contributed by atoms with Crippen LogP contribution in [-0.4, -0.2) is 31.5 Å². The third kappa shape index (κ3) is 4.38. The molecule has 6 nitrogen and oxygen atoms in total. The summed E-state index contributed by atoms with van der Waals surface area (Å²) in [4.78, 5) is 17.2. The molecule has 0 N–H and O–H groups in total. The second-order valence-corrected chi connectivity index (χ2v) is 10.4. The molecule has 29 heavy (non-hydrogen) atoms. The Balaban J connectivity index is 1.56. The molecule has 1 saturated heterocycles. The fraction of sp³-hybridized carbons (Fsp3) is 0.286. The summed E-state index contributed by atoms with van der Waals surface area (Å²) in [5.74, 6) is 0.764. The van der Waals surface area contributed by atoms with E-state index in [1.807, 2.05) is 25.1 Å². The standard InChI is InChI=1S/C21H22N2O4S2/c1-16-5-10-20(28-16)15-22(14-19-4-2-12-27-19)21(24)17-6-8-18(9-7-17)23-11-3-13-29(23,25)26/h2,4-10,12H,3,11,13-15H2,1H3. The van der Waals surface area contributed by atoms with Crippen LogP contribution in [0.2, 0.25) is 0 Å². The van der Waals surface area contributed by atoms with E-state index >= 15 is 0 Å². The van der Waals surface area contributed by atoms with Gasteiger partial charge < -0.3 is 9.32 Å². The summed E-state index contributed by atoms with van der Waals surface area (Å²) in [5.41, 5.74) is 1.12. The van der Waals surface area contributed by atoms with Gasteiger partial charge in [-0.3, -0.25) is 9.10 Å². The molecule has 152 valence electrons. The van der Waals surface area contributed by atoms with Gasteiger partial charge in [-0.15, -0.1) is 11.3 Å². The first-order valence-electron chi connectivity index (χ1n) is 9.40. The van der Waals surface area contributed by atoms with Gasteiger partial charge in [-0.05, 0) is 61.9 Å². The van der Waals surface area contributed by atoms with Crippen molar-refractivity contribution in [2.45, 2.75) is 26.4 Å². The van der Waals surface area contributed by atoms with Gasteiger partial charge in [-0.2, -0.15) is 0 Å². The molecule has 2 aromatic heterocycles. The number of aryl methyl sites for hydroxylation is 1. The summed E-state index contributed by atoms with van der Waals surface area (Å²) in [6.45, 7) is 3.38. The lowest BCUT2D eigenvalue weighted by Crippen LogP contribution is -2.30. The molecule has 0 atom stereocenters. The van der Waals surface area contributed by atoms with E-state index < -0.39 is 10.0 Å². The Hall–Kier alpha value is -2.58. The maximum Gasteiger partial charge on any atom is 0.254 e. The van der Waals surface area contributed by atoms with Crippen LogP contribution in [-0.2, 0) is 23.1 Å². The number of carbonyl (C=O) groups is 1. The van der Waals surface area contributed by atoms with E-state index in [1.165, 1.54) is 9.18 Å². The van der Waals surface area contributed by atoms with Crippen molar-refractivity contribution in [1.29, 1.82) is 0 Å². The lowest BCUT2D eigenvalue weighted by Gasteiger charge is -2.22. The molecule has 0 saturated carbocycles. The number of anilines is 1. The van der Waals surface area contributed by atoms with Crippen molar-refractivity contribution in [1.82, 2.24) is 4.90 Å². The van der Waals surface area contributed by atoms with Crippen molar-refractivity contribution >= 4 is 33.0 Å². The Morgan fingerprint density at radius 1 is 1.14 bits per heavy atom. The van der Waals surface area contributed by atoms with Gasteiger partial charge >= 0.3 is 0 Å². The summed E-state index contributed by atoms with van der Waals surface area (Å²) >= 11 is 1.66. The van der Waals surface area contributed by atoms with Gasteiger partial charge in [0.2, 0.25) is 10.0 Å². The van der Waals surface area contributed by atoms with E-state index in [1.54, 1.807) is 52.8 Å². The van der Waals surface area contributed by atoms with E-state index in [-0.39, 0.29) is 11.7 Å². The van der Waals surface area contributed by atoms with Crippen molar-refractivity contribution in [3.05, 3.63) is 75.9 Å². The summed E-state index contributed by atoms with van der Waals surface area (Å²) < 4.78 is 31.1. The maximum atomic E-state index is 13.2. The van der Waals surface area contributed by atoms with Crippen molar-refractivity contribution in [2.75, 3.05) is 16.6 Å². The Bertz CT molecular complexity index is 1090. The first kappa shape index (κ1) is 19.7. The number of rotatable bonds is 6. The molecule has 1 aliphatic rings. The van der Waals surface area contributed by atoms with Gasteiger partial charge in [0, 0.05) is 21.9 Å². The van der Waals surface area contributed by atoms with Crippen molar-refractivity contribution in [3.63, 3.8) is 0 Å². The minimum Gasteiger partial charge on any atom is -0.467 e. The highest BCUT2D eigenvalue weighted by molar-refractivity contribution is 7.93. The molecule has 8 heteroatoms. The predicted octanol–water partition coefficient (Wildman–Crippen LogP) is 4.03. The highest BCUT2D eigenvalue weighted by atomic mass is 32.2. The number of hydrogen-bond acceptors (Lipinski definition) is 5. The molecular weight excluding hydrogens is 408 g/mol. The Morgan fingerprint density at radius 3 is 2.52 bits per heavy atom. The van der Waals surface area contributed by atoms with Crippen LogP contribution in [0.3, 0.4) is 0 Å². The van der Waals surface area contributed by atoms with Crippen LogP contribution in [0.25, 0.3) is 0 Å². The van der Waals surface area contributed by atoms with Crippen LogP contribution in [0.15, 0.2) is 59.2 Å². The van der Waals surface area contributed by atoms with E-state index in [9.17, 15) is 13.2 Å². The SMILES string of the molecule is Cc1ccc(CN(Cc2ccco2)C(=O)c2ccc(N3CCCS3(=O)=O)cc2)s1. The number of hydrogen-bond donors (Lipinski definition) is 0. The molecule has 4 rings (SSSR count). The first-order chi connectivity index (χ1) is 13.9. The quantitative estimate of drug-likeness (QED) is 0.592. The summed E-state index contributed by atoms with van der Waals surface area (Å²) in [5, 5.41) is 0. The number of carbonyl (C=O) groups excluding carboxylic acids is 1. The van der Waals surface area contributed by atoms with Crippen LogP contribution in [0.1, 0.15) is 32.3 Å². The molecule has 1 amide bonds. The monoisotopic (exact) mass is 430 g/mol. The van der Waals surface area contributed by atoms with Gasteiger partial charge in [0.1, 0.15) is 5.76 Å². The van der Waals surface area contributed by atoms with Crippen LogP contribution >= 0.6 is 11.3 Å². The molecular formula is C21H22N2O4S2. The second-order valence-electron chi connectivity index (χ2n) is 7.04. The van der Waals surface area contributed by atoms with Gasteiger partial charge in [0.25, 0.3) is 5.91 Å². The maximum absolute atomic E-state index is 13.2. The number of thiophene rings is 1. The lowest BCUT2D eigenvalue weighted by molar-refractivity contribution is 0.0719. The van der Waals surface area contributed by atoms with Crippen LogP contribution in [0.4, 0.5) is 5.69 Å². The topological polar surface area (TPSA) is 70.8 Å². The molecule has 0 bridgehead atoms. The molecule has 1 aromatic carbocycles. The van der Waals surface area contributed by atoms with E-state index in [0.29, 0.717) is 43.1 Å². The normalized spacial score (nSPS) is 15.6. The minimum atomic E-state index is -3.24. The van der Waals surface area contributed by atoms with E-state index in [0.717, 1.165) is 4.88 Å². The van der Waals surface area contributed by atoms with E-state index in [2.05, 4.69) is 0 Å². The number of amides is 1. The molecule has 1 aliphatic heterocycles. The van der Waals surface area contributed by atoms with Crippen LogP contribution in [0, 0.1) is 6.92 Å². The largest absolute Gasteiger partial charge is 0.467 e. The summed E-state index contributed by atoms with van der Waals surface area (Å²) in [6, 6.07) is 14.5. The van der Waals surface area contributed by atoms with Gasteiger partial charge in [0.15, 0.2) is 0 Å². The lowest BCUT2D eigenvalue weighted by atomic mass is 10.1. The van der Waals surface area contributed by atoms with Crippen molar-refractivity contribution in [3.8, 4) is 0 Å². The zero-order valence-electron chi connectivity index (χ0n) is 16.1. The third-order valence-electron chi connectivity index (χ3n) is 4.86. The fourth-order valence-electron chi connectivity index (χ4n) is 3.43. The third-order valence-corrected chi connectivity index (χ3v) is 7.71. The zero-order chi connectivity index (χ0) is 20.4. The average molecular weight is 431 g/mol. The predicted molar refractivity (Wildman–Crippen MR) is 114 cm³/mol. The molecule has 0 radical (unpaired) electrons. The van der Waals surface area contributed by atoms with Crippen molar-refractivity contribution in [2.24, 2.45) is 0 Å². The smallest absolute Gasteiger partial charge is 0.254 e. The molecule has 1 fully saturated rings. The number of furan rings is 1. The number of benzene rings is 1. The Morgan fingerprint density at radius 2 is 1.93 bits per heavy atom. The molecule has 0 unspecified atom stereocenters. The average Bonchev–Trinajstić information content (AvgIpc) is 3.43. The number of sulfonamides is 1. The van der Waals surface area contributed by atoms with Crippen molar-refractivity contribution < 1.29 is 17.6 Å². The fourth-order valence-corrected chi connectivity index (χ4v) is 5.90. The highest BCUT2D eigenvalue weighted by Crippen LogP contribution is 2.25. The minimum absolute atomic E-state index is 0.122. The van der Waals surface area contributed by atoms with Crippen LogP contribution < -0.4 is 4.31 Å². The van der Waals surface area contributed by atoms with E-state index in [4.69, 9.17) is 4.42 Å². The zero-order valence-corrected chi connectivity index (χ0v) is 17.7. The molecule has 0 aliphatic carbocycles. The van der Waals surface area contributed by atoms with Gasteiger partial charge in [-0.25, -0.2) is 8.42 Å². The molecule has 3 aromatic rings. The Kier molecular flexibility index (Phi) is 5.47. The highest BCUT2D eigenvalue weighted by Gasteiger charge is 2.28. The molecule has 0 spiro atoms. The van der Waals surface area contributed by atoms with Gasteiger partial charge in [0.05, 0.1) is 30.8 Å². The molecule has 3 heterocycles. The second kappa shape index (κ2) is 8.04. The first-order valence-corrected chi connectivity index (χ1v) is 11.8.